The van der Waals surface area contributed by atoms with Crippen molar-refractivity contribution in [2.75, 3.05) is 13.1 Å². The number of nitrogens with zero attached hydrogens (tertiary/aromatic N) is 1. The van der Waals surface area contributed by atoms with Gasteiger partial charge >= 0.3 is 6.18 Å². The van der Waals surface area contributed by atoms with Gasteiger partial charge in [-0.3, -0.25) is 4.79 Å². The standard InChI is InChI=1S/C12H14F3N3O.ClH/c1-7-9(2-3-10(17-7)12(13,14)15)11(19)18-8-4-5-16-6-8;/h2-3,8,16H,4-6H2,1H3,(H,18,19);1H. The number of amides is 1. The molecule has 2 heterocycles. The number of rotatable bonds is 2. The van der Waals surface area contributed by atoms with Crippen molar-refractivity contribution in [2.45, 2.75) is 25.6 Å². The zero-order chi connectivity index (χ0) is 14.0. The zero-order valence-electron chi connectivity index (χ0n) is 10.8. The number of aryl methyl sites for hydroxylation is 1. The SMILES string of the molecule is Cc1nc(C(F)(F)F)ccc1C(=O)NC1CCNC1.Cl. The van der Waals surface area contributed by atoms with Crippen molar-refractivity contribution in [3.63, 3.8) is 0 Å². The van der Waals surface area contributed by atoms with Gasteiger partial charge in [-0.1, -0.05) is 0 Å². The van der Waals surface area contributed by atoms with Gasteiger partial charge in [0.25, 0.3) is 5.91 Å². The van der Waals surface area contributed by atoms with Crippen molar-refractivity contribution in [2.24, 2.45) is 0 Å². The Morgan fingerprint density at radius 1 is 1.45 bits per heavy atom. The normalized spacial score (nSPS) is 18.5. The molecule has 1 aliphatic rings. The highest BCUT2D eigenvalue weighted by Crippen LogP contribution is 2.28. The van der Waals surface area contributed by atoms with E-state index >= 15 is 0 Å². The van der Waals surface area contributed by atoms with E-state index < -0.39 is 11.9 Å². The Labute approximate surface area is 120 Å². The van der Waals surface area contributed by atoms with E-state index in [9.17, 15) is 18.0 Å². The van der Waals surface area contributed by atoms with Crippen molar-refractivity contribution >= 4 is 18.3 Å². The highest BCUT2D eigenvalue weighted by Gasteiger charge is 2.33. The van der Waals surface area contributed by atoms with Gasteiger partial charge in [0.1, 0.15) is 5.69 Å². The van der Waals surface area contributed by atoms with Crippen LogP contribution in [-0.4, -0.2) is 30.0 Å². The summed E-state index contributed by atoms with van der Waals surface area (Å²) in [6.45, 7) is 2.91. The first kappa shape index (κ1) is 16.7. The fourth-order valence-corrected chi connectivity index (χ4v) is 2.00. The van der Waals surface area contributed by atoms with Gasteiger partial charge in [-0.25, -0.2) is 4.98 Å². The number of halogens is 4. The Balaban J connectivity index is 0.00000200. The number of pyridine rings is 1. The van der Waals surface area contributed by atoms with Crippen LogP contribution in [0, 0.1) is 6.92 Å². The molecule has 112 valence electrons. The molecule has 0 aromatic carbocycles. The van der Waals surface area contributed by atoms with Crippen LogP contribution in [0.15, 0.2) is 12.1 Å². The van der Waals surface area contributed by atoms with E-state index in [1.54, 1.807) is 0 Å². The van der Waals surface area contributed by atoms with Crippen LogP contribution in [-0.2, 0) is 6.18 Å². The molecular formula is C12H15ClF3N3O. The number of nitrogens with one attached hydrogen (secondary N) is 2. The fourth-order valence-electron chi connectivity index (χ4n) is 2.00. The third-order valence-corrected chi connectivity index (χ3v) is 3.02. The summed E-state index contributed by atoms with van der Waals surface area (Å²) in [7, 11) is 0. The average Bonchev–Trinajstić information content (AvgIpc) is 2.80. The molecule has 1 atom stereocenters. The Morgan fingerprint density at radius 3 is 2.65 bits per heavy atom. The second-order valence-corrected chi connectivity index (χ2v) is 4.49. The molecule has 0 radical (unpaired) electrons. The summed E-state index contributed by atoms with van der Waals surface area (Å²) in [6, 6.07) is 2.02. The second kappa shape index (κ2) is 6.41. The van der Waals surface area contributed by atoms with Crippen LogP contribution in [0.1, 0.15) is 28.2 Å². The summed E-state index contributed by atoms with van der Waals surface area (Å²) in [5, 5.41) is 5.87. The van der Waals surface area contributed by atoms with Crippen LogP contribution in [0.25, 0.3) is 0 Å². The largest absolute Gasteiger partial charge is 0.433 e. The smallest absolute Gasteiger partial charge is 0.348 e. The molecule has 0 bridgehead atoms. The molecule has 2 rings (SSSR count). The highest BCUT2D eigenvalue weighted by molar-refractivity contribution is 5.95. The topological polar surface area (TPSA) is 54.0 Å². The van der Waals surface area contributed by atoms with Crippen LogP contribution < -0.4 is 10.6 Å². The third kappa shape index (κ3) is 3.83. The molecule has 0 saturated carbocycles. The predicted octanol–water partition coefficient (Wildman–Crippen LogP) is 1.92. The molecule has 2 N–H and O–H groups in total. The van der Waals surface area contributed by atoms with Crippen molar-refractivity contribution in [3.8, 4) is 0 Å². The van der Waals surface area contributed by atoms with Crippen molar-refractivity contribution in [3.05, 3.63) is 29.1 Å². The Kier molecular flexibility index (Phi) is 5.35. The Morgan fingerprint density at radius 2 is 2.15 bits per heavy atom. The monoisotopic (exact) mass is 309 g/mol. The Hall–Kier alpha value is -1.34. The molecule has 1 saturated heterocycles. The van der Waals surface area contributed by atoms with Crippen LogP contribution in [0.5, 0.6) is 0 Å². The molecule has 1 aromatic heterocycles. The molecule has 1 amide bonds. The van der Waals surface area contributed by atoms with E-state index in [1.807, 2.05) is 0 Å². The molecule has 1 aliphatic heterocycles. The number of hydrogen-bond donors (Lipinski definition) is 2. The van der Waals surface area contributed by atoms with Crippen LogP contribution >= 0.6 is 12.4 Å². The maximum atomic E-state index is 12.5. The maximum Gasteiger partial charge on any atom is 0.433 e. The van der Waals surface area contributed by atoms with E-state index in [2.05, 4.69) is 15.6 Å². The summed E-state index contributed by atoms with van der Waals surface area (Å²) < 4.78 is 37.4. The van der Waals surface area contributed by atoms with Crippen LogP contribution in [0.2, 0.25) is 0 Å². The van der Waals surface area contributed by atoms with Crippen molar-refractivity contribution in [1.29, 1.82) is 0 Å². The van der Waals surface area contributed by atoms with Crippen molar-refractivity contribution < 1.29 is 18.0 Å². The lowest BCUT2D eigenvalue weighted by molar-refractivity contribution is -0.141. The van der Waals surface area contributed by atoms with E-state index in [0.717, 1.165) is 19.0 Å². The summed E-state index contributed by atoms with van der Waals surface area (Å²) >= 11 is 0. The van der Waals surface area contributed by atoms with Crippen LogP contribution in [0.4, 0.5) is 13.2 Å². The van der Waals surface area contributed by atoms with E-state index in [-0.39, 0.29) is 35.6 Å². The molecule has 8 heteroatoms. The minimum atomic E-state index is -4.49. The molecule has 1 aromatic rings. The molecule has 1 fully saturated rings. The molecular weight excluding hydrogens is 295 g/mol. The van der Waals surface area contributed by atoms with Gasteiger partial charge in [0.05, 0.1) is 11.3 Å². The summed E-state index contributed by atoms with van der Waals surface area (Å²) in [4.78, 5) is 15.4. The highest BCUT2D eigenvalue weighted by atomic mass is 35.5. The molecule has 1 unspecified atom stereocenters. The summed E-state index contributed by atoms with van der Waals surface area (Å²) in [6.07, 6.45) is -3.67. The van der Waals surface area contributed by atoms with Gasteiger partial charge in [0, 0.05) is 12.6 Å². The molecule has 4 nitrogen and oxygen atoms in total. The Bertz CT molecular complexity index is 487. The van der Waals surface area contributed by atoms with Gasteiger partial charge in [-0.05, 0) is 32.0 Å². The minimum Gasteiger partial charge on any atom is -0.348 e. The first-order valence-electron chi connectivity index (χ1n) is 5.94. The number of carbonyl (C=O) groups excluding carboxylic acids is 1. The van der Waals surface area contributed by atoms with E-state index in [4.69, 9.17) is 0 Å². The fraction of sp³-hybridized carbons (Fsp3) is 0.500. The molecule has 0 aliphatic carbocycles. The summed E-state index contributed by atoms with van der Waals surface area (Å²) in [5.41, 5.74) is -0.720. The summed E-state index contributed by atoms with van der Waals surface area (Å²) in [5.74, 6) is -0.382. The predicted molar refractivity (Wildman–Crippen MR) is 70.0 cm³/mol. The first-order chi connectivity index (χ1) is 8.88. The number of alkyl halides is 3. The number of hydrogen-bond acceptors (Lipinski definition) is 3. The van der Waals surface area contributed by atoms with Crippen molar-refractivity contribution in [1.82, 2.24) is 15.6 Å². The van der Waals surface area contributed by atoms with E-state index in [0.29, 0.717) is 6.54 Å². The number of carbonyl (C=O) groups is 1. The number of aromatic nitrogens is 1. The third-order valence-electron chi connectivity index (χ3n) is 3.02. The molecule has 20 heavy (non-hydrogen) atoms. The molecule has 0 spiro atoms. The van der Waals surface area contributed by atoms with Crippen LogP contribution in [0.3, 0.4) is 0 Å². The van der Waals surface area contributed by atoms with E-state index in [1.165, 1.54) is 13.0 Å². The minimum absolute atomic E-state index is 0. The van der Waals surface area contributed by atoms with Gasteiger partial charge in [0.2, 0.25) is 0 Å². The lowest BCUT2D eigenvalue weighted by Gasteiger charge is -2.13. The van der Waals surface area contributed by atoms with Gasteiger partial charge in [-0.2, -0.15) is 13.2 Å². The quantitative estimate of drug-likeness (QED) is 0.877. The van der Waals surface area contributed by atoms with Gasteiger partial charge < -0.3 is 10.6 Å². The average molecular weight is 310 g/mol. The first-order valence-corrected chi connectivity index (χ1v) is 5.94. The van der Waals surface area contributed by atoms with Gasteiger partial charge in [-0.15, -0.1) is 12.4 Å². The zero-order valence-corrected chi connectivity index (χ0v) is 11.6. The van der Waals surface area contributed by atoms with Gasteiger partial charge in [0.15, 0.2) is 0 Å². The maximum absolute atomic E-state index is 12.5. The lowest BCUT2D eigenvalue weighted by Crippen LogP contribution is -2.36. The lowest BCUT2D eigenvalue weighted by atomic mass is 10.1. The second-order valence-electron chi connectivity index (χ2n) is 4.49.